The lowest BCUT2D eigenvalue weighted by Gasteiger charge is -2.22. The first kappa shape index (κ1) is 17.1. The van der Waals surface area contributed by atoms with Crippen molar-refractivity contribution < 1.29 is 19.7 Å². The molecule has 0 unspecified atom stereocenters. The van der Waals surface area contributed by atoms with Crippen molar-refractivity contribution in [2.75, 3.05) is 6.61 Å². The normalized spacial score (nSPS) is 26.6. The SMILES string of the molecule is O[C@H]1[C@H](COCc2ccccc2)[C@@H](OCc2ccccc2)C[C@H]1O. The quantitative estimate of drug-likeness (QED) is 0.820. The molecule has 2 aromatic rings. The van der Waals surface area contributed by atoms with Crippen LogP contribution in [0, 0.1) is 5.92 Å². The van der Waals surface area contributed by atoms with Gasteiger partial charge in [-0.2, -0.15) is 0 Å². The fourth-order valence-corrected chi connectivity index (χ4v) is 3.12. The molecule has 0 aliphatic heterocycles. The minimum absolute atomic E-state index is 0.203. The van der Waals surface area contributed by atoms with Gasteiger partial charge in [0.05, 0.1) is 38.1 Å². The summed E-state index contributed by atoms with van der Waals surface area (Å²) in [5.41, 5.74) is 2.17. The molecule has 4 heteroatoms. The number of hydrogen-bond donors (Lipinski definition) is 2. The Bertz CT molecular complexity index is 602. The molecule has 2 aromatic carbocycles. The van der Waals surface area contributed by atoms with Crippen LogP contribution in [0.5, 0.6) is 0 Å². The fraction of sp³-hybridized carbons (Fsp3) is 0.400. The molecule has 1 fully saturated rings. The van der Waals surface area contributed by atoms with E-state index in [2.05, 4.69) is 0 Å². The second-order valence-electron chi connectivity index (χ2n) is 6.29. The molecule has 128 valence electrons. The van der Waals surface area contributed by atoms with Crippen LogP contribution < -0.4 is 0 Å². The number of aliphatic hydroxyl groups excluding tert-OH is 2. The lowest BCUT2D eigenvalue weighted by Crippen LogP contribution is -2.32. The van der Waals surface area contributed by atoms with Gasteiger partial charge in [-0.3, -0.25) is 0 Å². The van der Waals surface area contributed by atoms with Crippen LogP contribution in [0.2, 0.25) is 0 Å². The van der Waals surface area contributed by atoms with Gasteiger partial charge < -0.3 is 19.7 Å². The largest absolute Gasteiger partial charge is 0.390 e. The van der Waals surface area contributed by atoms with Gasteiger partial charge in [-0.05, 0) is 11.1 Å². The summed E-state index contributed by atoms with van der Waals surface area (Å²) in [6.07, 6.45) is -1.32. The van der Waals surface area contributed by atoms with Crippen LogP contribution in [0.1, 0.15) is 17.5 Å². The summed E-state index contributed by atoms with van der Waals surface area (Å²) >= 11 is 0. The van der Waals surface area contributed by atoms with Crippen LogP contribution >= 0.6 is 0 Å². The lowest BCUT2D eigenvalue weighted by molar-refractivity contribution is -0.0523. The molecule has 0 radical (unpaired) electrons. The minimum atomic E-state index is -0.804. The monoisotopic (exact) mass is 328 g/mol. The maximum absolute atomic E-state index is 10.2. The molecule has 0 bridgehead atoms. The summed E-state index contributed by atoms with van der Waals surface area (Å²) in [6, 6.07) is 19.8. The molecule has 0 amide bonds. The second kappa shape index (κ2) is 8.40. The van der Waals surface area contributed by atoms with Crippen molar-refractivity contribution in [3.63, 3.8) is 0 Å². The molecular formula is C20H24O4. The molecule has 0 heterocycles. The third-order valence-electron chi connectivity index (χ3n) is 4.51. The van der Waals surface area contributed by atoms with E-state index in [1.165, 1.54) is 0 Å². The Hall–Kier alpha value is -1.72. The van der Waals surface area contributed by atoms with Crippen LogP contribution in [0.15, 0.2) is 60.7 Å². The predicted octanol–water partition coefficient (Wildman–Crippen LogP) is 2.53. The molecule has 1 aliphatic carbocycles. The highest BCUT2D eigenvalue weighted by Crippen LogP contribution is 2.30. The third-order valence-corrected chi connectivity index (χ3v) is 4.51. The zero-order chi connectivity index (χ0) is 16.8. The Morgan fingerprint density at radius 2 is 1.42 bits per heavy atom. The Morgan fingerprint density at radius 1 is 0.833 bits per heavy atom. The van der Waals surface area contributed by atoms with Gasteiger partial charge in [0.25, 0.3) is 0 Å². The van der Waals surface area contributed by atoms with Gasteiger partial charge in [0.1, 0.15) is 0 Å². The molecule has 4 nitrogen and oxygen atoms in total. The van der Waals surface area contributed by atoms with E-state index in [4.69, 9.17) is 9.47 Å². The van der Waals surface area contributed by atoms with Crippen molar-refractivity contribution in [1.82, 2.24) is 0 Å². The smallest absolute Gasteiger partial charge is 0.0875 e. The van der Waals surface area contributed by atoms with E-state index in [9.17, 15) is 10.2 Å². The van der Waals surface area contributed by atoms with Crippen LogP contribution in [0.25, 0.3) is 0 Å². The molecule has 0 saturated heterocycles. The highest BCUT2D eigenvalue weighted by Gasteiger charge is 2.42. The van der Waals surface area contributed by atoms with Crippen molar-refractivity contribution in [2.24, 2.45) is 5.92 Å². The third kappa shape index (κ3) is 4.42. The first-order chi connectivity index (χ1) is 11.7. The number of benzene rings is 2. The van der Waals surface area contributed by atoms with E-state index in [1.807, 2.05) is 60.7 Å². The zero-order valence-electron chi connectivity index (χ0n) is 13.6. The van der Waals surface area contributed by atoms with Crippen LogP contribution in [-0.4, -0.2) is 35.1 Å². The van der Waals surface area contributed by atoms with E-state index in [0.29, 0.717) is 26.2 Å². The van der Waals surface area contributed by atoms with Crippen molar-refractivity contribution in [2.45, 2.75) is 37.9 Å². The molecule has 1 saturated carbocycles. The van der Waals surface area contributed by atoms with Gasteiger partial charge in [-0.1, -0.05) is 60.7 Å². The van der Waals surface area contributed by atoms with Crippen LogP contribution in [-0.2, 0) is 22.7 Å². The van der Waals surface area contributed by atoms with E-state index in [0.717, 1.165) is 11.1 Å². The number of rotatable bonds is 7. The minimum Gasteiger partial charge on any atom is -0.390 e. The highest BCUT2D eigenvalue weighted by atomic mass is 16.5. The molecule has 3 rings (SSSR count). The van der Waals surface area contributed by atoms with Gasteiger partial charge in [0.2, 0.25) is 0 Å². The maximum Gasteiger partial charge on any atom is 0.0875 e. The number of hydrogen-bond acceptors (Lipinski definition) is 4. The summed E-state index contributed by atoms with van der Waals surface area (Å²) < 4.78 is 11.7. The molecule has 24 heavy (non-hydrogen) atoms. The fourth-order valence-electron chi connectivity index (χ4n) is 3.12. The van der Waals surface area contributed by atoms with Crippen molar-refractivity contribution in [1.29, 1.82) is 0 Å². The van der Waals surface area contributed by atoms with Gasteiger partial charge >= 0.3 is 0 Å². The predicted molar refractivity (Wildman–Crippen MR) is 91.2 cm³/mol. The first-order valence-corrected chi connectivity index (χ1v) is 8.37. The van der Waals surface area contributed by atoms with Gasteiger partial charge in [0.15, 0.2) is 0 Å². The van der Waals surface area contributed by atoms with E-state index in [1.54, 1.807) is 0 Å². The summed E-state index contributed by atoms with van der Waals surface area (Å²) in [4.78, 5) is 0. The van der Waals surface area contributed by atoms with E-state index >= 15 is 0 Å². The summed E-state index contributed by atoms with van der Waals surface area (Å²) in [7, 11) is 0. The van der Waals surface area contributed by atoms with E-state index in [-0.39, 0.29) is 12.0 Å². The van der Waals surface area contributed by atoms with Crippen molar-refractivity contribution >= 4 is 0 Å². The molecule has 1 aliphatic rings. The average Bonchev–Trinajstić information content (AvgIpc) is 2.89. The Balaban J connectivity index is 1.52. The van der Waals surface area contributed by atoms with Gasteiger partial charge in [0, 0.05) is 12.3 Å². The van der Waals surface area contributed by atoms with Gasteiger partial charge in [-0.15, -0.1) is 0 Å². The van der Waals surface area contributed by atoms with Crippen molar-refractivity contribution in [3.8, 4) is 0 Å². The van der Waals surface area contributed by atoms with E-state index < -0.39 is 12.2 Å². The number of ether oxygens (including phenoxy) is 2. The van der Waals surface area contributed by atoms with Crippen LogP contribution in [0.4, 0.5) is 0 Å². The standard InChI is InChI=1S/C20H24O4/c21-18-11-19(24-13-16-9-5-2-6-10-16)17(20(18)22)14-23-12-15-7-3-1-4-8-15/h1-10,17-22H,11-14H2/t17-,18-,19+,20+/m1/s1. The molecule has 2 N–H and O–H groups in total. The second-order valence-corrected chi connectivity index (χ2v) is 6.29. The van der Waals surface area contributed by atoms with Gasteiger partial charge in [-0.25, -0.2) is 0 Å². The Morgan fingerprint density at radius 3 is 2.04 bits per heavy atom. The lowest BCUT2D eigenvalue weighted by atomic mass is 10.0. The summed E-state index contributed by atoms with van der Waals surface area (Å²) in [5, 5.41) is 20.2. The molecule has 4 atom stereocenters. The maximum atomic E-state index is 10.2. The Labute approximate surface area is 142 Å². The van der Waals surface area contributed by atoms with Crippen molar-refractivity contribution in [3.05, 3.63) is 71.8 Å². The molecular weight excluding hydrogens is 304 g/mol. The topological polar surface area (TPSA) is 58.9 Å². The summed E-state index contributed by atoms with van der Waals surface area (Å²) in [6.45, 7) is 1.33. The average molecular weight is 328 g/mol. The number of aliphatic hydroxyl groups is 2. The molecule has 0 aromatic heterocycles. The Kier molecular flexibility index (Phi) is 5.99. The van der Waals surface area contributed by atoms with Crippen LogP contribution in [0.3, 0.4) is 0 Å². The molecule has 0 spiro atoms. The highest BCUT2D eigenvalue weighted by molar-refractivity contribution is 5.14. The summed E-state index contributed by atoms with van der Waals surface area (Å²) in [5.74, 6) is -0.215. The first-order valence-electron chi connectivity index (χ1n) is 8.37. The zero-order valence-corrected chi connectivity index (χ0v) is 13.6.